The molecule has 2 heterocycles. The van der Waals surface area contributed by atoms with Gasteiger partial charge in [-0.05, 0) is 42.5 Å². The summed E-state index contributed by atoms with van der Waals surface area (Å²) in [4.78, 5) is 28.7. The lowest BCUT2D eigenvalue weighted by Crippen LogP contribution is -2.45. The van der Waals surface area contributed by atoms with Crippen LogP contribution in [0.2, 0.25) is 0 Å². The minimum Gasteiger partial charge on any atom is -0.467 e. The number of hydrogen-bond donors (Lipinski definition) is 1. The lowest BCUT2D eigenvalue weighted by Gasteiger charge is -2.31. The number of anilines is 1. The van der Waals surface area contributed by atoms with Gasteiger partial charge >= 0.3 is 0 Å². The van der Waals surface area contributed by atoms with Crippen molar-refractivity contribution in [1.82, 2.24) is 20.3 Å². The van der Waals surface area contributed by atoms with Crippen LogP contribution in [0.15, 0.2) is 102 Å². The molecule has 5 rings (SSSR count). The van der Waals surface area contributed by atoms with Crippen LogP contribution in [0.5, 0.6) is 0 Å². The molecule has 0 spiro atoms. The van der Waals surface area contributed by atoms with E-state index in [0.29, 0.717) is 22.5 Å². The summed E-state index contributed by atoms with van der Waals surface area (Å²) in [7, 11) is 0. The van der Waals surface area contributed by atoms with E-state index in [1.165, 1.54) is 34.0 Å². The summed E-state index contributed by atoms with van der Waals surface area (Å²) in [6.45, 7) is -0.118. The zero-order valence-electron chi connectivity index (χ0n) is 19.1. The molecular weight excluding hydrogens is 461 g/mol. The maximum atomic E-state index is 15.1. The minimum absolute atomic E-state index is 0.0649. The number of nitrogens with one attached hydrogen (secondary N) is 1. The van der Waals surface area contributed by atoms with Crippen molar-refractivity contribution in [3.63, 3.8) is 0 Å². The van der Waals surface area contributed by atoms with E-state index in [-0.39, 0.29) is 18.7 Å². The van der Waals surface area contributed by atoms with Crippen LogP contribution in [0.3, 0.4) is 0 Å². The third kappa shape index (κ3) is 4.72. The number of hydrogen-bond acceptors (Lipinski definition) is 5. The first-order valence-electron chi connectivity index (χ1n) is 11.3. The summed E-state index contributed by atoms with van der Waals surface area (Å²) >= 11 is 0. The van der Waals surface area contributed by atoms with E-state index in [0.717, 1.165) is 0 Å². The topological polar surface area (TPSA) is 93.3 Å². The van der Waals surface area contributed by atoms with Crippen LogP contribution in [-0.4, -0.2) is 26.8 Å². The van der Waals surface area contributed by atoms with E-state index in [9.17, 15) is 9.59 Å². The van der Waals surface area contributed by atoms with Crippen LogP contribution >= 0.6 is 0 Å². The van der Waals surface area contributed by atoms with Crippen molar-refractivity contribution in [2.24, 2.45) is 0 Å². The van der Waals surface area contributed by atoms with Gasteiger partial charge in [0.15, 0.2) is 0 Å². The molecule has 180 valence electrons. The summed E-state index contributed by atoms with van der Waals surface area (Å²) in [5.41, 5.74) is 1.81. The van der Waals surface area contributed by atoms with Crippen molar-refractivity contribution in [2.45, 2.75) is 19.1 Å². The van der Waals surface area contributed by atoms with E-state index in [2.05, 4.69) is 15.6 Å². The number of rotatable bonds is 8. The Hall–Kier alpha value is -4.79. The summed E-state index contributed by atoms with van der Waals surface area (Å²) in [5.74, 6) is -1.09. The number of halogens is 1. The molecule has 0 fully saturated rings. The highest BCUT2D eigenvalue weighted by molar-refractivity contribution is 6.01. The first-order valence-corrected chi connectivity index (χ1v) is 11.3. The maximum absolute atomic E-state index is 15.1. The number of aromatic nitrogens is 3. The van der Waals surface area contributed by atoms with E-state index >= 15 is 4.39 Å². The molecule has 0 bridgehead atoms. The molecule has 8 nitrogen and oxygen atoms in total. The number of amides is 2. The molecule has 36 heavy (non-hydrogen) atoms. The van der Waals surface area contributed by atoms with Crippen molar-refractivity contribution >= 4 is 28.5 Å². The maximum Gasteiger partial charge on any atom is 0.249 e. The largest absolute Gasteiger partial charge is 0.467 e. The summed E-state index contributed by atoms with van der Waals surface area (Å²) < 4.78 is 21.8. The van der Waals surface area contributed by atoms with E-state index in [4.69, 9.17) is 4.42 Å². The summed E-state index contributed by atoms with van der Waals surface area (Å²) in [6.07, 6.45) is 1.50. The van der Waals surface area contributed by atoms with Crippen molar-refractivity contribution < 1.29 is 18.4 Å². The predicted octanol–water partition coefficient (Wildman–Crippen LogP) is 4.25. The van der Waals surface area contributed by atoms with E-state index in [1.807, 2.05) is 12.1 Å². The van der Waals surface area contributed by atoms with E-state index < -0.39 is 23.7 Å². The average molecular weight is 484 g/mol. The Labute approximate surface area is 205 Å². The first-order chi connectivity index (χ1) is 17.6. The SMILES string of the molecule is O=C(NCc1ccco1)[C@H](c1ccccc1F)N(C(=O)Cn1nnc2ccccc21)c1ccccc1. The Morgan fingerprint density at radius 3 is 2.47 bits per heavy atom. The van der Waals surface area contributed by atoms with Crippen LogP contribution in [-0.2, 0) is 22.7 Å². The number of para-hydroxylation sites is 2. The molecule has 0 saturated carbocycles. The fourth-order valence-electron chi connectivity index (χ4n) is 4.04. The van der Waals surface area contributed by atoms with Crippen LogP contribution in [0.4, 0.5) is 10.1 Å². The molecule has 0 aliphatic heterocycles. The smallest absolute Gasteiger partial charge is 0.249 e. The fraction of sp³-hybridized carbons (Fsp3) is 0.111. The number of nitrogens with zero attached hydrogens (tertiary/aromatic N) is 4. The Morgan fingerprint density at radius 1 is 0.944 bits per heavy atom. The van der Waals surface area contributed by atoms with Gasteiger partial charge in [-0.1, -0.05) is 53.7 Å². The first kappa shape index (κ1) is 23.0. The standard InChI is InChI=1S/C27H22FN5O3/c28-22-13-5-4-12-21(22)26(27(35)29-17-20-11-8-16-36-20)33(19-9-2-1-3-10-19)25(34)18-32-24-15-7-6-14-23(24)30-31-32/h1-16,26H,17-18H2,(H,29,35)/t26-/m0/s1. The van der Waals surface area contributed by atoms with Gasteiger partial charge in [0.25, 0.3) is 0 Å². The van der Waals surface area contributed by atoms with Gasteiger partial charge in [-0.3, -0.25) is 14.5 Å². The van der Waals surface area contributed by atoms with Gasteiger partial charge < -0.3 is 9.73 Å². The molecule has 1 N–H and O–H groups in total. The molecule has 0 aliphatic rings. The van der Waals surface area contributed by atoms with Crippen molar-refractivity contribution in [1.29, 1.82) is 0 Å². The second-order valence-electron chi connectivity index (χ2n) is 8.06. The van der Waals surface area contributed by atoms with Gasteiger partial charge in [0.1, 0.15) is 29.7 Å². The zero-order valence-corrected chi connectivity index (χ0v) is 19.1. The zero-order chi connectivity index (χ0) is 24.9. The van der Waals surface area contributed by atoms with Crippen LogP contribution < -0.4 is 10.2 Å². The van der Waals surface area contributed by atoms with Gasteiger partial charge in [-0.2, -0.15) is 0 Å². The van der Waals surface area contributed by atoms with Crippen LogP contribution in [0.25, 0.3) is 11.0 Å². The summed E-state index contributed by atoms with van der Waals surface area (Å²) in [6, 6.07) is 24.0. The van der Waals surface area contributed by atoms with Crippen LogP contribution in [0.1, 0.15) is 17.4 Å². The second-order valence-corrected chi connectivity index (χ2v) is 8.06. The fourth-order valence-corrected chi connectivity index (χ4v) is 4.04. The van der Waals surface area contributed by atoms with Crippen molar-refractivity contribution in [3.05, 3.63) is 114 Å². The highest BCUT2D eigenvalue weighted by Gasteiger charge is 2.35. The quantitative estimate of drug-likeness (QED) is 0.356. The van der Waals surface area contributed by atoms with E-state index in [1.54, 1.807) is 60.7 Å². The predicted molar refractivity (Wildman–Crippen MR) is 131 cm³/mol. The molecule has 0 unspecified atom stereocenters. The molecular formula is C27H22FN5O3. The number of fused-ring (bicyclic) bond motifs is 1. The van der Waals surface area contributed by atoms with Gasteiger partial charge in [-0.15, -0.1) is 5.10 Å². The molecule has 2 amide bonds. The monoisotopic (exact) mass is 483 g/mol. The number of carbonyl (C=O) groups is 2. The molecule has 0 saturated heterocycles. The van der Waals surface area contributed by atoms with Gasteiger partial charge in [0.2, 0.25) is 11.8 Å². The molecule has 0 aliphatic carbocycles. The Kier molecular flexibility index (Phi) is 6.53. The second kappa shape index (κ2) is 10.2. The highest BCUT2D eigenvalue weighted by atomic mass is 19.1. The third-order valence-corrected chi connectivity index (χ3v) is 5.73. The molecule has 9 heteroatoms. The number of furan rings is 1. The van der Waals surface area contributed by atoms with Gasteiger partial charge in [-0.25, -0.2) is 9.07 Å². The minimum atomic E-state index is -1.29. The molecule has 1 atom stereocenters. The molecule has 5 aromatic rings. The van der Waals surface area contributed by atoms with Crippen molar-refractivity contribution in [3.8, 4) is 0 Å². The lowest BCUT2D eigenvalue weighted by molar-refractivity contribution is -0.127. The summed E-state index contributed by atoms with van der Waals surface area (Å²) in [5, 5.41) is 11.0. The average Bonchev–Trinajstić information content (AvgIpc) is 3.57. The Balaban J connectivity index is 1.55. The normalized spacial score (nSPS) is 11.8. The molecule has 2 aromatic heterocycles. The number of benzene rings is 3. The number of carbonyl (C=O) groups excluding carboxylic acids is 2. The molecule has 3 aromatic carbocycles. The highest BCUT2D eigenvalue weighted by Crippen LogP contribution is 2.30. The van der Waals surface area contributed by atoms with Gasteiger partial charge in [0, 0.05) is 11.3 Å². The van der Waals surface area contributed by atoms with Crippen molar-refractivity contribution in [2.75, 3.05) is 4.90 Å². The van der Waals surface area contributed by atoms with Gasteiger partial charge in [0.05, 0.1) is 18.3 Å². The van der Waals surface area contributed by atoms with Crippen LogP contribution in [0, 0.1) is 5.82 Å². The Bertz CT molecular complexity index is 1480. The Morgan fingerprint density at radius 2 is 1.69 bits per heavy atom. The third-order valence-electron chi connectivity index (χ3n) is 5.73. The molecule has 0 radical (unpaired) electrons. The lowest BCUT2D eigenvalue weighted by atomic mass is 10.0.